The van der Waals surface area contributed by atoms with Crippen LogP contribution in [-0.4, -0.2) is 33.3 Å². The van der Waals surface area contributed by atoms with E-state index in [1.54, 1.807) is 40.9 Å². The predicted molar refractivity (Wildman–Crippen MR) is 131 cm³/mol. The lowest BCUT2D eigenvalue weighted by molar-refractivity contribution is -0.122. The van der Waals surface area contributed by atoms with Gasteiger partial charge in [0.2, 0.25) is 0 Å². The van der Waals surface area contributed by atoms with Gasteiger partial charge in [0.15, 0.2) is 5.17 Å². The molecule has 32 heavy (non-hydrogen) atoms. The molecule has 1 aliphatic rings. The van der Waals surface area contributed by atoms with Gasteiger partial charge in [-0.15, -0.1) is 11.8 Å². The summed E-state index contributed by atoms with van der Waals surface area (Å²) in [5.74, 6) is -1.10. The fraction of sp³-hybridized carbons (Fsp3) is 0.0800. The maximum absolute atomic E-state index is 13.3. The molecule has 160 valence electrons. The molecule has 0 aliphatic carbocycles. The van der Waals surface area contributed by atoms with Gasteiger partial charge in [0, 0.05) is 4.90 Å². The molecule has 0 atom stereocenters. The van der Waals surface area contributed by atoms with Crippen molar-refractivity contribution in [1.29, 1.82) is 0 Å². The number of hydrogen-bond acceptors (Lipinski definition) is 5. The third kappa shape index (κ3) is 5.12. The van der Waals surface area contributed by atoms with Gasteiger partial charge in [-0.05, 0) is 71.6 Å². The molecular formula is C25H20N2O3S2. The number of hydrogen-bond donors (Lipinski definition) is 1. The summed E-state index contributed by atoms with van der Waals surface area (Å²) in [6.07, 6.45) is 3.90. The Morgan fingerprint density at radius 3 is 2.34 bits per heavy atom. The van der Waals surface area contributed by atoms with Crippen molar-refractivity contribution in [1.82, 2.24) is 4.90 Å². The number of aromatic carboxylic acids is 1. The van der Waals surface area contributed by atoms with E-state index in [0.717, 1.165) is 21.7 Å². The zero-order chi connectivity index (χ0) is 22.5. The lowest BCUT2D eigenvalue weighted by Gasteiger charge is -2.16. The molecule has 0 unspecified atom stereocenters. The van der Waals surface area contributed by atoms with Gasteiger partial charge in [0.25, 0.3) is 5.91 Å². The molecule has 1 saturated heterocycles. The molecule has 0 spiro atoms. The topological polar surface area (TPSA) is 70.0 Å². The fourth-order valence-corrected chi connectivity index (χ4v) is 4.54. The number of amidine groups is 1. The van der Waals surface area contributed by atoms with E-state index in [1.165, 1.54) is 11.8 Å². The molecule has 0 saturated carbocycles. The second-order valence-electron chi connectivity index (χ2n) is 7.01. The van der Waals surface area contributed by atoms with Gasteiger partial charge in [-0.2, -0.15) is 0 Å². The van der Waals surface area contributed by atoms with E-state index >= 15 is 0 Å². The molecule has 7 heteroatoms. The van der Waals surface area contributed by atoms with Crippen LogP contribution >= 0.6 is 23.5 Å². The van der Waals surface area contributed by atoms with Crippen molar-refractivity contribution in [2.24, 2.45) is 4.99 Å². The van der Waals surface area contributed by atoms with E-state index in [1.807, 2.05) is 66.9 Å². The van der Waals surface area contributed by atoms with Gasteiger partial charge in [-0.3, -0.25) is 9.69 Å². The van der Waals surface area contributed by atoms with Gasteiger partial charge < -0.3 is 5.11 Å². The van der Waals surface area contributed by atoms with Crippen molar-refractivity contribution < 1.29 is 14.7 Å². The number of aliphatic imine (C=N–C) groups is 1. The van der Waals surface area contributed by atoms with E-state index < -0.39 is 5.97 Å². The molecule has 1 amide bonds. The van der Waals surface area contributed by atoms with Gasteiger partial charge in [0.1, 0.15) is 0 Å². The summed E-state index contributed by atoms with van der Waals surface area (Å²) in [5, 5.41) is 9.71. The van der Waals surface area contributed by atoms with Crippen LogP contribution in [0.2, 0.25) is 0 Å². The lowest BCUT2D eigenvalue weighted by Crippen LogP contribution is -2.28. The zero-order valence-electron chi connectivity index (χ0n) is 17.3. The normalized spacial score (nSPS) is 16.2. The lowest BCUT2D eigenvalue weighted by atomic mass is 10.1. The average Bonchev–Trinajstić information content (AvgIpc) is 3.09. The van der Waals surface area contributed by atoms with Crippen LogP contribution in [0.25, 0.3) is 6.08 Å². The number of amides is 1. The first-order valence-corrected chi connectivity index (χ1v) is 11.9. The summed E-state index contributed by atoms with van der Waals surface area (Å²) in [5.41, 5.74) is 2.75. The average molecular weight is 461 g/mol. The highest BCUT2D eigenvalue weighted by Gasteiger charge is 2.33. The van der Waals surface area contributed by atoms with Crippen molar-refractivity contribution in [3.05, 3.63) is 100 Å². The van der Waals surface area contributed by atoms with Crippen molar-refractivity contribution in [3.8, 4) is 0 Å². The molecule has 4 rings (SSSR count). The monoisotopic (exact) mass is 460 g/mol. The van der Waals surface area contributed by atoms with Crippen LogP contribution < -0.4 is 0 Å². The summed E-state index contributed by atoms with van der Waals surface area (Å²) >= 11 is 3.01. The first-order valence-electron chi connectivity index (χ1n) is 9.85. The summed E-state index contributed by atoms with van der Waals surface area (Å²) in [4.78, 5) is 32.5. The number of para-hydroxylation sites is 1. The van der Waals surface area contributed by atoms with Gasteiger partial charge in [-0.1, -0.05) is 42.5 Å². The van der Waals surface area contributed by atoms with Gasteiger partial charge in [-0.25, -0.2) is 9.79 Å². The molecule has 0 aromatic heterocycles. The number of carbonyl (C=O) groups excluding carboxylic acids is 1. The third-order valence-corrected chi connectivity index (χ3v) is 6.57. The fourth-order valence-electron chi connectivity index (χ4n) is 3.13. The maximum atomic E-state index is 13.3. The number of thioether (sulfide) groups is 2. The molecule has 1 heterocycles. The quantitative estimate of drug-likeness (QED) is 0.366. The van der Waals surface area contributed by atoms with Crippen LogP contribution in [0.5, 0.6) is 0 Å². The Balaban J connectivity index is 1.65. The van der Waals surface area contributed by atoms with Crippen LogP contribution in [-0.2, 0) is 11.3 Å². The molecule has 0 bridgehead atoms. The highest BCUT2D eigenvalue weighted by atomic mass is 32.2. The third-order valence-electron chi connectivity index (χ3n) is 4.82. The Hall–Kier alpha value is -3.29. The van der Waals surface area contributed by atoms with Crippen molar-refractivity contribution in [3.63, 3.8) is 0 Å². The van der Waals surface area contributed by atoms with E-state index in [2.05, 4.69) is 0 Å². The minimum atomic E-state index is -0.978. The number of benzene rings is 3. The maximum Gasteiger partial charge on any atom is 0.335 e. The Bertz CT molecular complexity index is 1190. The van der Waals surface area contributed by atoms with Crippen molar-refractivity contribution in [2.75, 3.05) is 6.26 Å². The summed E-state index contributed by atoms with van der Waals surface area (Å²) in [6, 6.07) is 24.1. The molecular weight excluding hydrogens is 440 g/mol. The molecule has 1 N–H and O–H groups in total. The van der Waals surface area contributed by atoms with Crippen molar-refractivity contribution >= 4 is 52.3 Å². The molecule has 1 aliphatic heterocycles. The van der Waals surface area contributed by atoms with E-state index in [9.17, 15) is 9.59 Å². The van der Waals surface area contributed by atoms with E-state index in [0.29, 0.717) is 16.6 Å². The SMILES string of the molecule is CSc1ccc(C=C2SC(=Nc3ccccc3)N(Cc3ccc(C(=O)O)cc3)C2=O)cc1. The van der Waals surface area contributed by atoms with Crippen LogP contribution in [0, 0.1) is 0 Å². The van der Waals surface area contributed by atoms with Gasteiger partial charge >= 0.3 is 5.97 Å². The molecule has 3 aromatic carbocycles. The van der Waals surface area contributed by atoms with Gasteiger partial charge in [0.05, 0.1) is 22.7 Å². The highest BCUT2D eigenvalue weighted by molar-refractivity contribution is 8.18. The second kappa shape index (κ2) is 9.89. The first-order chi connectivity index (χ1) is 15.5. The smallest absolute Gasteiger partial charge is 0.335 e. The van der Waals surface area contributed by atoms with E-state index in [-0.39, 0.29) is 11.5 Å². The number of nitrogens with zero attached hydrogens (tertiary/aromatic N) is 2. The Morgan fingerprint density at radius 1 is 1.03 bits per heavy atom. The van der Waals surface area contributed by atoms with Crippen molar-refractivity contribution in [2.45, 2.75) is 11.4 Å². The largest absolute Gasteiger partial charge is 0.478 e. The number of carboxylic acids is 1. The van der Waals surface area contributed by atoms with Crippen LogP contribution in [0.4, 0.5) is 5.69 Å². The summed E-state index contributed by atoms with van der Waals surface area (Å²) in [7, 11) is 0. The highest BCUT2D eigenvalue weighted by Crippen LogP contribution is 2.35. The minimum absolute atomic E-state index is 0.124. The van der Waals surface area contributed by atoms with Crippen LogP contribution in [0.3, 0.4) is 0 Å². The zero-order valence-corrected chi connectivity index (χ0v) is 18.9. The Labute approximate surface area is 194 Å². The minimum Gasteiger partial charge on any atom is -0.478 e. The predicted octanol–water partition coefficient (Wildman–Crippen LogP) is 5.91. The first kappa shape index (κ1) is 21.9. The Morgan fingerprint density at radius 2 is 1.72 bits per heavy atom. The standard InChI is InChI=1S/C25H20N2O3S2/c1-31-21-13-9-17(10-14-21)15-22-23(28)27(16-18-7-11-19(12-8-18)24(29)30)25(32-22)26-20-5-3-2-4-6-20/h2-15H,16H2,1H3,(H,29,30). The summed E-state index contributed by atoms with van der Waals surface area (Å²) in [6.45, 7) is 0.306. The second-order valence-corrected chi connectivity index (χ2v) is 8.90. The summed E-state index contributed by atoms with van der Waals surface area (Å²) < 4.78 is 0. The molecule has 5 nitrogen and oxygen atoms in total. The number of carbonyl (C=O) groups is 2. The number of carboxylic acid groups (broad SMARTS) is 1. The molecule has 3 aromatic rings. The Kier molecular flexibility index (Phi) is 6.78. The molecule has 1 fully saturated rings. The number of rotatable bonds is 6. The van der Waals surface area contributed by atoms with E-state index in [4.69, 9.17) is 10.1 Å². The molecule has 0 radical (unpaired) electrons. The van der Waals surface area contributed by atoms with Crippen LogP contribution in [0.1, 0.15) is 21.5 Å². The van der Waals surface area contributed by atoms with Crippen LogP contribution in [0.15, 0.2) is 93.7 Å².